The zero-order valence-corrected chi connectivity index (χ0v) is 39.5. The summed E-state index contributed by atoms with van der Waals surface area (Å²) in [4.78, 5) is 37.6. The molecule has 0 rings (SSSR count). The van der Waals surface area contributed by atoms with Crippen LogP contribution in [0.15, 0.2) is 85.1 Å². The molecule has 0 saturated heterocycles. The number of esters is 2. The van der Waals surface area contributed by atoms with Crippen LogP contribution in [-0.4, -0.2) is 70.0 Å². The van der Waals surface area contributed by atoms with Crippen LogP contribution in [0.3, 0.4) is 0 Å². The molecule has 10 heteroatoms. The highest BCUT2D eigenvalue weighted by Gasteiger charge is 2.21. The highest BCUT2D eigenvalue weighted by atomic mass is 31.2. The summed E-state index contributed by atoms with van der Waals surface area (Å²) in [5.74, 6) is -0.946. The molecule has 0 aliphatic rings. The fourth-order valence-electron chi connectivity index (χ4n) is 5.72. The lowest BCUT2D eigenvalue weighted by molar-refractivity contribution is -0.870. The quantitative estimate of drug-likeness (QED) is 0.0196. The van der Waals surface area contributed by atoms with Crippen molar-refractivity contribution in [3.05, 3.63) is 85.1 Å². The third-order valence-corrected chi connectivity index (χ3v) is 10.4. The van der Waals surface area contributed by atoms with E-state index in [9.17, 15) is 19.0 Å². The lowest BCUT2D eigenvalue weighted by Gasteiger charge is -2.28. The van der Waals surface area contributed by atoms with Gasteiger partial charge in [-0.2, -0.15) is 0 Å². The fourth-order valence-corrected chi connectivity index (χ4v) is 6.45. The number of nitrogens with zero attached hydrogens (tertiary/aromatic N) is 1. The molecule has 0 aromatic heterocycles. The summed E-state index contributed by atoms with van der Waals surface area (Å²) in [6, 6.07) is 0. The summed E-state index contributed by atoms with van der Waals surface area (Å²) < 4.78 is 33.8. The van der Waals surface area contributed by atoms with E-state index < -0.39 is 32.5 Å². The molecule has 0 bridgehead atoms. The molecule has 0 radical (unpaired) electrons. The van der Waals surface area contributed by atoms with Crippen LogP contribution in [0.2, 0.25) is 0 Å². The molecular weight excluding hydrogens is 774 g/mol. The molecule has 0 spiro atoms. The second-order valence-electron chi connectivity index (χ2n) is 16.4. The van der Waals surface area contributed by atoms with Crippen LogP contribution >= 0.6 is 7.82 Å². The summed E-state index contributed by atoms with van der Waals surface area (Å²) in [5, 5.41) is 0. The Labute approximate surface area is 367 Å². The molecule has 0 aromatic rings. The van der Waals surface area contributed by atoms with E-state index in [0.29, 0.717) is 23.9 Å². The monoisotopic (exact) mass is 860 g/mol. The molecule has 1 unspecified atom stereocenters. The van der Waals surface area contributed by atoms with Gasteiger partial charge < -0.3 is 27.9 Å². The number of likely N-dealkylation sites (N-methyl/N-ethyl adjacent to an activating group) is 1. The van der Waals surface area contributed by atoms with Gasteiger partial charge in [-0.1, -0.05) is 157 Å². The minimum absolute atomic E-state index is 0.0478. The van der Waals surface area contributed by atoms with Crippen LogP contribution in [0, 0.1) is 0 Å². The molecule has 60 heavy (non-hydrogen) atoms. The first-order valence-corrected chi connectivity index (χ1v) is 24.8. The maximum Gasteiger partial charge on any atom is 0.306 e. The molecule has 0 aliphatic carbocycles. The Kier molecular flexibility index (Phi) is 39.6. The van der Waals surface area contributed by atoms with Gasteiger partial charge in [-0.15, -0.1) is 0 Å². The number of allylic oxidation sites excluding steroid dienone is 14. The molecule has 9 nitrogen and oxygen atoms in total. The predicted molar refractivity (Wildman–Crippen MR) is 249 cm³/mol. The highest BCUT2D eigenvalue weighted by Crippen LogP contribution is 2.38. The number of phosphoric acid groups is 1. The Hall–Kier alpha value is -2.81. The van der Waals surface area contributed by atoms with Gasteiger partial charge in [0.2, 0.25) is 0 Å². The summed E-state index contributed by atoms with van der Waals surface area (Å²) in [6.45, 7) is 4.06. The van der Waals surface area contributed by atoms with Crippen molar-refractivity contribution < 1.29 is 42.1 Å². The molecule has 0 N–H and O–H groups in total. The van der Waals surface area contributed by atoms with Crippen molar-refractivity contribution >= 4 is 19.8 Å². The van der Waals surface area contributed by atoms with E-state index in [-0.39, 0.29) is 26.1 Å². The van der Waals surface area contributed by atoms with E-state index in [1.54, 1.807) is 0 Å². The standard InChI is InChI=1S/C50H86NO8P/c1-6-8-10-12-14-16-18-20-22-24-25-27-28-30-32-34-36-38-40-42-49(52)56-46-48(47-58-60(54,55)57-45-44-51(3,4)5)59-50(53)43-41-39-37-35-33-31-29-26-23-21-19-17-15-13-11-9-7-2/h14-17,20-23,25,27,30,32,36,38,48H,6-13,18-19,24,26,28-29,31,33-35,37,39-47H2,1-5H3/b16-14+,17-15+,22-20+,23-21+,27-25+,32-30+,38-36+/t48-/m1/s1. The van der Waals surface area contributed by atoms with Crippen molar-refractivity contribution in [1.29, 1.82) is 0 Å². The highest BCUT2D eigenvalue weighted by molar-refractivity contribution is 7.45. The lowest BCUT2D eigenvalue weighted by Crippen LogP contribution is -2.37. The Morgan fingerprint density at radius 2 is 0.933 bits per heavy atom. The van der Waals surface area contributed by atoms with Crippen LogP contribution < -0.4 is 4.89 Å². The molecule has 0 aromatic carbocycles. The number of unbranched alkanes of at least 4 members (excludes halogenated alkanes) is 13. The van der Waals surface area contributed by atoms with Gasteiger partial charge in [0.1, 0.15) is 19.8 Å². The molecule has 0 fully saturated rings. The van der Waals surface area contributed by atoms with Crippen molar-refractivity contribution in [3.63, 3.8) is 0 Å². The molecule has 344 valence electrons. The van der Waals surface area contributed by atoms with Crippen LogP contribution in [0.1, 0.15) is 168 Å². The number of rotatable bonds is 41. The second kappa shape index (κ2) is 41.5. The number of phosphoric ester groups is 1. The predicted octanol–water partition coefficient (Wildman–Crippen LogP) is 12.9. The van der Waals surface area contributed by atoms with Crippen LogP contribution in [0.25, 0.3) is 0 Å². The van der Waals surface area contributed by atoms with Gasteiger partial charge in [0.25, 0.3) is 7.82 Å². The zero-order valence-electron chi connectivity index (χ0n) is 38.6. The second-order valence-corrected chi connectivity index (χ2v) is 17.8. The fraction of sp³-hybridized carbons (Fsp3) is 0.680. The van der Waals surface area contributed by atoms with E-state index in [4.69, 9.17) is 18.5 Å². The van der Waals surface area contributed by atoms with Gasteiger partial charge in [0, 0.05) is 12.8 Å². The summed E-state index contributed by atoms with van der Waals surface area (Å²) in [6.07, 6.45) is 53.3. The van der Waals surface area contributed by atoms with Crippen molar-refractivity contribution in [2.45, 2.75) is 174 Å². The maximum absolute atomic E-state index is 12.7. The minimum Gasteiger partial charge on any atom is -0.756 e. The third-order valence-electron chi connectivity index (χ3n) is 9.40. The Balaban J connectivity index is 4.48. The normalized spacial score (nSPS) is 14.3. The van der Waals surface area contributed by atoms with Crippen molar-refractivity contribution in [2.75, 3.05) is 47.5 Å². The molecule has 0 saturated carbocycles. The van der Waals surface area contributed by atoms with Gasteiger partial charge in [-0.25, -0.2) is 0 Å². The molecular formula is C50H86NO8P. The smallest absolute Gasteiger partial charge is 0.306 e. The molecule has 0 aliphatic heterocycles. The topological polar surface area (TPSA) is 111 Å². The first-order valence-electron chi connectivity index (χ1n) is 23.3. The van der Waals surface area contributed by atoms with Gasteiger partial charge in [0.15, 0.2) is 6.10 Å². The summed E-state index contributed by atoms with van der Waals surface area (Å²) in [5.41, 5.74) is 0. The number of carbonyl (C=O) groups excluding carboxylic acids is 2. The average molecular weight is 860 g/mol. The Morgan fingerprint density at radius 3 is 1.40 bits per heavy atom. The summed E-state index contributed by atoms with van der Waals surface area (Å²) >= 11 is 0. The van der Waals surface area contributed by atoms with E-state index in [0.717, 1.165) is 57.8 Å². The van der Waals surface area contributed by atoms with Gasteiger partial charge in [0.05, 0.1) is 27.7 Å². The molecule has 2 atom stereocenters. The van der Waals surface area contributed by atoms with Crippen molar-refractivity contribution in [3.8, 4) is 0 Å². The minimum atomic E-state index is -4.65. The average Bonchev–Trinajstić information content (AvgIpc) is 3.20. The summed E-state index contributed by atoms with van der Waals surface area (Å²) in [7, 11) is 1.11. The van der Waals surface area contributed by atoms with Crippen molar-refractivity contribution in [2.24, 2.45) is 0 Å². The van der Waals surface area contributed by atoms with E-state index in [1.165, 1.54) is 70.6 Å². The number of quaternary nitrogens is 1. The van der Waals surface area contributed by atoms with E-state index in [1.807, 2.05) is 33.3 Å². The molecule has 0 amide bonds. The largest absolute Gasteiger partial charge is 0.756 e. The lowest BCUT2D eigenvalue weighted by atomic mass is 10.1. The number of carbonyl (C=O) groups is 2. The van der Waals surface area contributed by atoms with Gasteiger partial charge in [-0.3, -0.25) is 14.2 Å². The first-order chi connectivity index (χ1) is 29.0. The van der Waals surface area contributed by atoms with Crippen LogP contribution in [-0.2, 0) is 32.7 Å². The Morgan fingerprint density at radius 1 is 0.517 bits per heavy atom. The molecule has 0 heterocycles. The zero-order chi connectivity index (χ0) is 44.3. The van der Waals surface area contributed by atoms with Crippen molar-refractivity contribution in [1.82, 2.24) is 0 Å². The SMILES string of the molecule is CCCCC/C=C/C/C=C/C/C=C/C/C=C/C/C=C/CCC(=O)OC[C@H](COP(=O)([O-])OCC[N+](C)(C)C)OC(=O)CCCCCCCCC/C=C/C/C=C/CCCCC. The first kappa shape index (κ1) is 57.2. The number of ether oxygens (including phenoxy) is 2. The number of hydrogen-bond donors (Lipinski definition) is 0. The maximum atomic E-state index is 12.7. The van der Waals surface area contributed by atoms with Crippen LogP contribution in [0.4, 0.5) is 0 Å². The van der Waals surface area contributed by atoms with E-state index >= 15 is 0 Å². The van der Waals surface area contributed by atoms with Gasteiger partial charge >= 0.3 is 11.9 Å². The number of hydrogen-bond acceptors (Lipinski definition) is 8. The van der Waals surface area contributed by atoms with Gasteiger partial charge in [-0.05, 0) is 83.5 Å². The van der Waals surface area contributed by atoms with Crippen LogP contribution in [0.5, 0.6) is 0 Å². The third kappa shape index (κ3) is 44.7. The van der Waals surface area contributed by atoms with E-state index in [2.05, 4.69) is 86.8 Å². The Bertz CT molecular complexity index is 1290.